The van der Waals surface area contributed by atoms with E-state index in [1.54, 1.807) is 27.7 Å². The molecule has 8 heteroatoms. The maximum atomic E-state index is 12.1. The van der Waals surface area contributed by atoms with Crippen LogP contribution in [0.5, 0.6) is 0 Å². The molecule has 0 saturated carbocycles. The zero-order valence-electron chi connectivity index (χ0n) is 11.8. The van der Waals surface area contributed by atoms with Crippen molar-refractivity contribution in [3.8, 4) is 0 Å². The second kappa shape index (κ2) is 9.68. The second-order valence-corrected chi connectivity index (χ2v) is 6.88. The van der Waals surface area contributed by atoms with Crippen LogP contribution in [0.1, 0.15) is 27.7 Å². The predicted molar refractivity (Wildman–Crippen MR) is 74.4 cm³/mol. The van der Waals surface area contributed by atoms with Crippen molar-refractivity contribution < 1.29 is 27.2 Å². The summed E-state index contributed by atoms with van der Waals surface area (Å²) < 4.78 is 44.2. The van der Waals surface area contributed by atoms with Crippen molar-refractivity contribution >= 4 is 15.2 Å². The van der Waals surface area contributed by atoms with Crippen LogP contribution < -0.4 is 0 Å². The minimum atomic E-state index is -3.34. The van der Waals surface area contributed by atoms with E-state index in [0.717, 1.165) is 11.6 Å². The molecule has 0 radical (unpaired) electrons. The summed E-state index contributed by atoms with van der Waals surface area (Å²) in [4.78, 5) is 0. The molecular formula is C11H22O6P2. The van der Waals surface area contributed by atoms with Gasteiger partial charge in [-0.2, -0.15) is 0 Å². The van der Waals surface area contributed by atoms with Crippen molar-refractivity contribution in [2.45, 2.75) is 27.7 Å². The van der Waals surface area contributed by atoms with Gasteiger partial charge in [0.05, 0.1) is 38.1 Å². The van der Waals surface area contributed by atoms with Crippen LogP contribution in [0.2, 0.25) is 0 Å². The maximum Gasteiger partial charge on any atom is 0.361 e. The Balaban J connectivity index is 5.02. The fraction of sp³-hybridized carbons (Fsp3) is 0.727. The molecule has 19 heavy (non-hydrogen) atoms. The number of hydrogen-bond donors (Lipinski definition) is 0. The van der Waals surface area contributed by atoms with E-state index in [0.29, 0.717) is 0 Å². The molecule has 0 bridgehead atoms. The van der Waals surface area contributed by atoms with Crippen LogP contribution in [-0.2, 0) is 27.2 Å². The molecule has 0 unspecified atom stereocenters. The van der Waals surface area contributed by atoms with E-state index >= 15 is 0 Å². The van der Waals surface area contributed by atoms with Crippen LogP contribution >= 0.6 is 15.2 Å². The van der Waals surface area contributed by atoms with E-state index in [-0.39, 0.29) is 26.4 Å². The highest BCUT2D eigenvalue weighted by atomic mass is 31.2. The van der Waals surface area contributed by atoms with E-state index in [1.807, 2.05) is 0 Å². The minimum Gasteiger partial charge on any atom is -0.305 e. The van der Waals surface area contributed by atoms with Crippen molar-refractivity contribution in [2.24, 2.45) is 0 Å². The number of hydrogen-bond acceptors (Lipinski definition) is 6. The average molecular weight is 312 g/mol. The summed E-state index contributed by atoms with van der Waals surface area (Å²) >= 11 is 0. The van der Waals surface area contributed by atoms with Gasteiger partial charge in [-0.15, -0.1) is 5.73 Å². The quantitative estimate of drug-likeness (QED) is 0.446. The summed E-state index contributed by atoms with van der Waals surface area (Å²) in [7, 11) is -6.69. The Morgan fingerprint density at radius 3 is 1.21 bits per heavy atom. The van der Waals surface area contributed by atoms with E-state index in [9.17, 15) is 9.13 Å². The molecule has 0 aromatic heterocycles. The van der Waals surface area contributed by atoms with E-state index in [4.69, 9.17) is 18.1 Å². The minimum absolute atomic E-state index is 0.240. The van der Waals surface area contributed by atoms with Crippen LogP contribution in [-0.4, -0.2) is 26.4 Å². The summed E-state index contributed by atoms with van der Waals surface area (Å²) in [5.74, 6) is 2.26. The molecule has 0 heterocycles. The first-order valence-corrected chi connectivity index (χ1v) is 9.40. The third kappa shape index (κ3) is 7.86. The molecular weight excluding hydrogens is 290 g/mol. The molecule has 0 aliphatic carbocycles. The predicted octanol–water partition coefficient (Wildman–Crippen LogP) is 4.14. The Morgan fingerprint density at radius 2 is 1.00 bits per heavy atom. The summed E-state index contributed by atoms with van der Waals surface area (Å²) in [5, 5.41) is 0. The van der Waals surface area contributed by atoms with Gasteiger partial charge in [-0.1, -0.05) is 0 Å². The van der Waals surface area contributed by atoms with Crippen LogP contribution in [0.15, 0.2) is 17.4 Å². The van der Waals surface area contributed by atoms with Crippen LogP contribution in [0, 0.1) is 0 Å². The lowest BCUT2D eigenvalue weighted by molar-refractivity contribution is 0.228. The Hall–Kier alpha value is -0.180. The van der Waals surface area contributed by atoms with Gasteiger partial charge in [-0.3, -0.25) is 9.13 Å². The molecule has 0 aromatic rings. The molecule has 112 valence electrons. The lowest BCUT2D eigenvalue weighted by atomic mass is 10.9. The Morgan fingerprint density at radius 1 is 0.737 bits per heavy atom. The van der Waals surface area contributed by atoms with Crippen molar-refractivity contribution in [3.63, 3.8) is 0 Å². The molecule has 0 aliphatic heterocycles. The second-order valence-electron chi connectivity index (χ2n) is 3.18. The lowest BCUT2D eigenvalue weighted by Crippen LogP contribution is -1.93. The Bertz CT molecular complexity index is 346. The van der Waals surface area contributed by atoms with Gasteiger partial charge in [0, 0.05) is 0 Å². The topological polar surface area (TPSA) is 71.1 Å². The van der Waals surface area contributed by atoms with Crippen LogP contribution in [0.4, 0.5) is 0 Å². The summed E-state index contributed by atoms with van der Waals surface area (Å²) in [5.41, 5.74) is 2.53. The van der Waals surface area contributed by atoms with Gasteiger partial charge in [0.25, 0.3) is 0 Å². The molecule has 0 aromatic carbocycles. The summed E-state index contributed by atoms with van der Waals surface area (Å²) in [6.07, 6.45) is 0. The Kier molecular flexibility index (Phi) is 9.59. The van der Waals surface area contributed by atoms with Crippen molar-refractivity contribution in [1.29, 1.82) is 0 Å². The van der Waals surface area contributed by atoms with Gasteiger partial charge in [0.15, 0.2) is 0 Å². The molecule has 0 saturated heterocycles. The van der Waals surface area contributed by atoms with Crippen LogP contribution in [0.3, 0.4) is 0 Å². The average Bonchev–Trinajstić information content (AvgIpc) is 2.29. The number of rotatable bonds is 10. The summed E-state index contributed by atoms with van der Waals surface area (Å²) in [6, 6.07) is 0. The van der Waals surface area contributed by atoms with Gasteiger partial charge in [-0.25, -0.2) is 0 Å². The summed E-state index contributed by atoms with van der Waals surface area (Å²) in [6.45, 7) is 7.77. The SMILES string of the molecule is CCOP(=O)(C=C=CP(=O)(OCC)OCC)OCC. The molecule has 0 fully saturated rings. The highest BCUT2D eigenvalue weighted by molar-refractivity contribution is 7.58. The van der Waals surface area contributed by atoms with E-state index in [1.165, 1.54) is 0 Å². The van der Waals surface area contributed by atoms with Crippen molar-refractivity contribution in [3.05, 3.63) is 17.4 Å². The van der Waals surface area contributed by atoms with E-state index in [2.05, 4.69) is 5.73 Å². The molecule has 0 aliphatic rings. The van der Waals surface area contributed by atoms with E-state index < -0.39 is 15.2 Å². The fourth-order valence-electron chi connectivity index (χ4n) is 1.16. The van der Waals surface area contributed by atoms with Crippen molar-refractivity contribution in [1.82, 2.24) is 0 Å². The standard InChI is InChI=1S/C11H22O6P2/c1-5-14-18(12,15-6-2)10-9-11-19(13,16-7-3)17-8-4/h10-11H,5-8H2,1-4H3. The first-order valence-electron chi connectivity index (χ1n) is 6.17. The van der Waals surface area contributed by atoms with Gasteiger partial charge < -0.3 is 18.1 Å². The van der Waals surface area contributed by atoms with Gasteiger partial charge in [-0.05, 0) is 27.7 Å². The monoisotopic (exact) mass is 312 g/mol. The lowest BCUT2D eigenvalue weighted by Gasteiger charge is -2.12. The fourth-order valence-corrected chi connectivity index (χ4v) is 3.68. The van der Waals surface area contributed by atoms with Crippen LogP contribution in [0.25, 0.3) is 0 Å². The third-order valence-corrected chi connectivity index (χ3v) is 5.10. The van der Waals surface area contributed by atoms with Gasteiger partial charge in [0.2, 0.25) is 0 Å². The zero-order valence-corrected chi connectivity index (χ0v) is 13.6. The molecule has 0 atom stereocenters. The van der Waals surface area contributed by atoms with Crippen molar-refractivity contribution in [2.75, 3.05) is 26.4 Å². The maximum absolute atomic E-state index is 12.1. The zero-order chi connectivity index (χ0) is 14.8. The first kappa shape index (κ1) is 18.8. The third-order valence-electron chi connectivity index (χ3n) is 1.70. The highest BCUT2D eigenvalue weighted by Crippen LogP contribution is 2.52. The molecule has 0 spiro atoms. The Labute approximate surface area is 114 Å². The molecule has 0 rings (SSSR count). The van der Waals surface area contributed by atoms with Gasteiger partial charge >= 0.3 is 15.2 Å². The largest absolute Gasteiger partial charge is 0.361 e. The normalized spacial score (nSPS) is 12.0. The first-order chi connectivity index (χ1) is 8.95. The molecule has 0 amide bonds. The molecule has 6 nitrogen and oxygen atoms in total. The highest BCUT2D eigenvalue weighted by Gasteiger charge is 2.21. The smallest absolute Gasteiger partial charge is 0.305 e. The van der Waals surface area contributed by atoms with Gasteiger partial charge in [0.1, 0.15) is 0 Å². The molecule has 0 N–H and O–H groups in total.